The first-order chi connectivity index (χ1) is 9.83. The molecule has 3 aromatic rings. The topological polar surface area (TPSA) is 88.3 Å². The van der Waals surface area contributed by atoms with Gasteiger partial charge in [-0.2, -0.15) is 5.10 Å². The maximum Gasteiger partial charge on any atom is 0.178 e. The van der Waals surface area contributed by atoms with Gasteiger partial charge < -0.3 is 19.7 Å². The van der Waals surface area contributed by atoms with Crippen LogP contribution in [-0.4, -0.2) is 28.2 Å². The highest BCUT2D eigenvalue weighted by Crippen LogP contribution is 2.43. The molecule has 1 aliphatic rings. The van der Waals surface area contributed by atoms with Crippen molar-refractivity contribution in [1.82, 2.24) is 14.9 Å². The number of nitrogens with zero attached hydrogens (tertiary/aromatic N) is 3. The van der Waals surface area contributed by atoms with Gasteiger partial charge in [-0.25, -0.2) is 0 Å². The number of hydrogen-bond donors (Lipinski definition) is 1. The van der Waals surface area contributed by atoms with E-state index in [-0.39, 0.29) is 0 Å². The van der Waals surface area contributed by atoms with Crippen LogP contribution in [-0.2, 0) is 6.54 Å². The normalized spacial score (nSPS) is 13.8. The van der Waals surface area contributed by atoms with Crippen molar-refractivity contribution in [2.45, 2.75) is 6.54 Å². The molecule has 2 aromatic heterocycles. The summed E-state index contributed by atoms with van der Waals surface area (Å²) in [6.45, 7) is 1.56. The smallest absolute Gasteiger partial charge is 0.178 e. The molecule has 4 rings (SSSR count). The van der Waals surface area contributed by atoms with Crippen LogP contribution in [0.3, 0.4) is 0 Å². The molecule has 3 heterocycles. The van der Waals surface area contributed by atoms with E-state index in [4.69, 9.17) is 19.7 Å². The van der Waals surface area contributed by atoms with Crippen molar-refractivity contribution < 1.29 is 14.0 Å². The van der Waals surface area contributed by atoms with Gasteiger partial charge in [-0.3, -0.25) is 4.68 Å². The van der Waals surface area contributed by atoms with E-state index in [0.717, 1.165) is 5.56 Å². The Morgan fingerprint density at radius 2 is 2.10 bits per heavy atom. The molecular weight excluding hydrogens is 260 g/mol. The van der Waals surface area contributed by atoms with Crippen LogP contribution in [0.25, 0.3) is 11.0 Å². The Kier molecular flexibility index (Phi) is 2.32. The molecule has 1 aromatic carbocycles. The van der Waals surface area contributed by atoms with E-state index >= 15 is 0 Å². The molecule has 2 N–H and O–H groups in total. The summed E-state index contributed by atoms with van der Waals surface area (Å²) < 4.78 is 18.5. The number of hydrogen-bond acceptors (Lipinski definition) is 6. The molecule has 7 nitrogen and oxygen atoms in total. The van der Waals surface area contributed by atoms with Crippen LogP contribution in [0, 0.1) is 0 Å². The SMILES string of the molecule is Nc1noc2cc(Cn3cccn3)c3c(c12)OCCO3. The summed E-state index contributed by atoms with van der Waals surface area (Å²) in [5.74, 6) is 1.61. The average molecular weight is 272 g/mol. The molecule has 20 heavy (non-hydrogen) atoms. The second kappa shape index (κ2) is 4.16. The third-order valence-corrected chi connectivity index (χ3v) is 3.24. The van der Waals surface area contributed by atoms with Gasteiger partial charge in [-0.1, -0.05) is 5.16 Å². The molecule has 0 radical (unpaired) electrons. The lowest BCUT2D eigenvalue weighted by molar-refractivity contribution is 0.172. The Labute approximate surface area is 113 Å². The Bertz CT molecular complexity index is 764. The van der Waals surface area contributed by atoms with Crippen LogP contribution in [0.2, 0.25) is 0 Å². The van der Waals surface area contributed by atoms with E-state index in [2.05, 4.69) is 10.3 Å². The highest BCUT2D eigenvalue weighted by atomic mass is 16.6. The van der Waals surface area contributed by atoms with Crippen molar-refractivity contribution in [2.24, 2.45) is 0 Å². The molecule has 0 aliphatic carbocycles. The van der Waals surface area contributed by atoms with E-state index in [1.165, 1.54) is 0 Å². The zero-order chi connectivity index (χ0) is 13.5. The average Bonchev–Trinajstić information content (AvgIpc) is 3.09. The number of fused-ring (bicyclic) bond motifs is 3. The molecular formula is C13H12N4O3. The standard InChI is InChI=1S/C13H12N4O3/c14-13-10-9(20-16-13)6-8(7-17-3-1-2-15-17)11-12(10)19-5-4-18-11/h1-3,6H,4-5,7H2,(H2,14,16). The predicted octanol–water partition coefficient (Wildman–Crippen LogP) is 1.43. The highest BCUT2D eigenvalue weighted by Gasteiger charge is 2.24. The summed E-state index contributed by atoms with van der Waals surface area (Å²) in [4.78, 5) is 0. The zero-order valence-electron chi connectivity index (χ0n) is 10.6. The first-order valence-corrected chi connectivity index (χ1v) is 6.26. The van der Waals surface area contributed by atoms with Gasteiger partial charge in [0.05, 0.1) is 6.54 Å². The van der Waals surface area contributed by atoms with Crippen LogP contribution in [0.15, 0.2) is 29.0 Å². The van der Waals surface area contributed by atoms with E-state index in [9.17, 15) is 0 Å². The largest absolute Gasteiger partial charge is 0.486 e. The first-order valence-electron chi connectivity index (χ1n) is 6.26. The van der Waals surface area contributed by atoms with Crippen LogP contribution in [0.5, 0.6) is 11.5 Å². The minimum atomic E-state index is 0.312. The number of rotatable bonds is 2. The number of nitrogen functional groups attached to an aromatic ring is 1. The maximum atomic E-state index is 5.83. The third kappa shape index (κ3) is 1.59. The van der Waals surface area contributed by atoms with Crippen molar-refractivity contribution in [3.63, 3.8) is 0 Å². The summed E-state index contributed by atoms with van der Waals surface area (Å²) >= 11 is 0. The Balaban J connectivity index is 1.92. The van der Waals surface area contributed by atoms with Crippen LogP contribution in [0.4, 0.5) is 5.82 Å². The molecule has 0 saturated carbocycles. The number of anilines is 1. The van der Waals surface area contributed by atoms with E-state index < -0.39 is 0 Å². The fourth-order valence-electron chi connectivity index (χ4n) is 2.40. The lowest BCUT2D eigenvalue weighted by Gasteiger charge is -2.21. The van der Waals surface area contributed by atoms with Gasteiger partial charge >= 0.3 is 0 Å². The number of aromatic nitrogens is 3. The first kappa shape index (κ1) is 11.2. The van der Waals surface area contributed by atoms with Gasteiger partial charge in [-0.15, -0.1) is 0 Å². The van der Waals surface area contributed by atoms with Gasteiger partial charge in [0.15, 0.2) is 22.9 Å². The van der Waals surface area contributed by atoms with Crippen molar-refractivity contribution in [1.29, 1.82) is 0 Å². The van der Waals surface area contributed by atoms with Gasteiger partial charge in [-0.05, 0) is 12.1 Å². The number of ether oxygens (including phenoxy) is 2. The van der Waals surface area contributed by atoms with Crippen molar-refractivity contribution in [3.05, 3.63) is 30.1 Å². The van der Waals surface area contributed by atoms with E-state index in [1.807, 2.05) is 18.3 Å². The summed E-state index contributed by atoms with van der Waals surface area (Å²) in [5, 5.41) is 8.65. The van der Waals surface area contributed by atoms with Crippen LogP contribution in [0.1, 0.15) is 5.56 Å². The van der Waals surface area contributed by atoms with Gasteiger partial charge in [0.2, 0.25) is 0 Å². The van der Waals surface area contributed by atoms with E-state index in [1.54, 1.807) is 10.9 Å². The number of benzene rings is 1. The zero-order valence-corrected chi connectivity index (χ0v) is 10.6. The fraction of sp³-hybridized carbons (Fsp3) is 0.231. The van der Waals surface area contributed by atoms with Gasteiger partial charge in [0, 0.05) is 18.0 Å². The molecule has 0 atom stereocenters. The minimum Gasteiger partial charge on any atom is -0.486 e. The molecule has 0 fully saturated rings. The Hall–Kier alpha value is -2.70. The monoisotopic (exact) mass is 272 g/mol. The Morgan fingerprint density at radius 1 is 1.25 bits per heavy atom. The van der Waals surface area contributed by atoms with Crippen molar-refractivity contribution >= 4 is 16.8 Å². The lowest BCUT2D eigenvalue weighted by Crippen LogP contribution is -2.17. The molecule has 1 aliphatic heterocycles. The molecule has 0 spiro atoms. The summed E-state index contributed by atoms with van der Waals surface area (Å²) in [5.41, 5.74) is 7.34. The highest BCUT2D eigenvalue weighted by molar-refractivity contribution is 5.96. The van der Waals surface area contributed by atoms with Gasteiger partial charge in [0.25, 0.3) is 0 Å². The summed E-state index contributed by atoms with van der Waals surface area (Å²) in [6, 6.07) is 3.74. The summed E-state index contributed by atoms with van der Waals surface area (Å²) in [7, 11) is 0. The minimum absolute atomic E-state index is 0.312. The lowest BCUT2D eigenvalue weighted by atomic mass is 10.1. The second-order valence-electron chi connectivity index (χ2n) is 4.54. The molecule has 102 valence electrons. The van der Waals surface area contributed by atoms with Gasteiger partial charge in [0.1, 0.15) is 18.6 Å². The van der Waals surface area contributed by atoms with Crippen LogP contribution < -0.4 is 15.2 Å². The molecule has 0 saturated heterocycles. The molecule has 0 amide bonds. The number of nitrogens with two attached hydrogens (primary N) is 1. The molecule has 0 bridgehead atoms. The van der Waals surface area contributed by atoms with Crippen LogP contribution >= 0.6 is 0 Å². The predicted molar refractivity (Wildman–Crippen MR) is 70.7 cm³/mol. The summed E-state index contributed by atoms with van der Waals surface area (Å²) in [6.07, 6.45) is 3.61. The van der Waals surface area contributed by atoms with Crippen molar-refractivity contribution in [3.8, 4) is 11.5 Å². The molecule has 0 unspecified atom stereocenters. The quantitative estimate of drug-likeness (QED) is 0.759. The second-order valence-corrected chi connectivity index (χ2v) is 4.54. The fourth-order valence-corrected chi connectivity index (χ4v) is 2.40. The maximum absolute atomic E-state index is 5.83. The Morgan fingerprint density at radius 3 is 2.90 bits per heavy atom. The van der Waals surface area contributed by atoms with E-state index in [0.29, 0.717) is 48.0 Å². The van der Waals surface area contributed by atoms with Crippen molar-refractivity contribution in [2.75, 3.05) is 18.9 Å². The third-order valence-electron chi connectivity index (χ3n) is 3.24. The molecule has 7 heteroatoms.